The molecule has 0 saturated carbocycles. The quantitative estimate of drug-likeness (QED) is 0.749. The highest BCUT2D eigenvalue weighted by Crippen LogP contribution is 2.25. The molecule has 18 heavy (non-hydrogen) atoms. The molecule has 0 fully saturated rings. The third-order valence-electron chi connectivity index (χ3n) is 3.03. The van der Waals surface area contributed by atoms with E-state index < -0.39 is 11.5 Å². The first-order valence-corrected chi connectivity index (χ1v) is 6.35. The Hall–Kier alpha value is -1.57. The summed E-state index contributed by atoms with van der Waals surface area (Å²) in [6, 6.07) is 1.45. The van der Waals surface area contributed by atoms with Gasteiger partial charge in [0.25, 0.3) is 0 Å². The van der Waals surface area contributed by atoms with E-state index in [-0.39, 0.29) is 17.9 Å². The van der Waals surface area contributed by atoms with Crippen LogP contribution in [0.25, 0.3) is 0 Å². The van der Waals surface area contributed by atoms with E-state index in [9.17, 15) is 9.59 Å². The molecule has 0 aromatic carbocycles. The van der Waals surface area contributed by atoms with Gasteiger partial charge in [0.05, 0.1) is 6.07 Å². The fourth-order valence-corrected chi connectivity index (χ4v) is 1.59. The molecule has 0 aliphatic carbocycles. The molecule has 2 N–H and O–H groups in total. The molecular weight excluding hydrogens is 230 g/mol. The maximum atomic E-state index is 12.0. The van der Waals surface area contributed by atoms with Crippen LogP contribution in [0.2, 0.25) is 0 Å². The van der Waals surface area contributed by atoms with Crippen LogP contribution >= 0.6 is 0 Å². The molecule has 0 spiro atoms. The Morgan fingerprint density at radius 1 is 1.17 bits per heavy atom. The average Bonchev–Trinajstić information content (AvgIpc) is 2.31. The predicted molar refractivity (Wildman–Crippen MR) is 69.5 cm³/mol. The van der Waals surface area contributed by atoms with Crippen LogP contribution < -0.4 is 10.6 Å². The summed E-state index contributed by atoms with van der Waals surface area (Å²) in [5, 5.41) is 14.5. The minimum atomic E-state index is -1.04. The van der Waals surface area contributed by atoms with Gasteiger partial charge in [0.2, 0.25) is 11.8 Å². The molecule has 0 aliphatic rings. The van der Waals surface area contributed by atoms with Crippen molar-refractivity contribution >= 4 is 11.8 Å². The molecule has 5 heteroatoms. The Bertz CT molecular complexity index is 341. The zero-order valence-electron chi connectivity index (χ0n) is 11.8. The first kappa shape index (κ1) is 16.4. The maximum Gasteiger partial charge on any atom is 0.242 e. The Morgan fingerprint density at radius 2 is 1.67 bits per heavy atom. The van der Waals surface area contributed by atoms with Crippen molar-refractivity contribution < 1.29 is 9.59 Å². The van der Waals surface area contributed by atoms with E-state index >= 15 is 0 Å². The number of carbonyl (C=O) groups excluding carboxylic acids is 2. The molecule has 102 valence electrons. The van der Waals surface area contributed by atoms with Crippen LogP contribution in [-0.2, 0) is 9.59 Å². The van der Waals surface area contributed by atoms with Gasteiger partial charge in [-0.15, -0.1) is 0 Å². The third-order valence-corrected chi connectivity index (χ3v) is 3.03. The number of carbonyl (C=O) groups is 2. The van der Waals surface area contributed by atoms with Crippen molar-refractivity contribution in [3.63, 3.8) is 0 Å². The summed E-state index contributed by atoms with van der Waals surface area (Å²) >= 11 is 0. The van der Waals surface area contributed by atoms with Crippen LogP contribution in [0.1, 0.15) is 47.5 Å². The van der Waals surface area contributed by atoms with Gasteiger partial charge in [-0.1, -0.05) is 13.8 Å². The van der Waals surface area contributed by atoms with Gasteiger partial charge in [0, 0.05) is 6.04 Å². The molecule has 0 aromatic rings. The fraction of sp³-hybridized carbons (Fsp3) is 0.769. The largest absolute Gasteiger partial charge is 0.352 e. The standard InChI is InChI=1S/C13H23N3O2/c1-6-13(7-2,8-14)12(18)16-10(5)11(17)15-9(3)4/h9-10H,6-7H2,1-5H3,(H,15,17)(H,16,18). The lowest BCUT2D eigenvalue weighted by Crippen LogP contribution is -2.50. The monoisotopic (exact) mass is 253 g/mol. The molecule has 0 bridgehead atoms. The van der Waals surface area contributed by atoms with Crippen molar-refractivity contribution in [3.8, 4) is 6.07 Å². The molecule has 2 amide bonds. The van der Waals surface area contributed by atoms with Gasteiger partial charge < -0.3 is 10.6 Å². The smallest absolute Gasteiger partial charge is 0.242 e. The topological polar surface area (TPSA) is 82.0 Å². The summed E-state index contributed by atoms with van der Waals surface area (Å²) in [6.07, 6.45) is 0.870. The Labute approximate surface area is 109 Å². The number of hydrogen-bond acceptors (Lipinski definition) is 3. The summed E-state index contributed by atoms with van der Waals surface area (Å²) in [7, 11) is 0. The number of hydrogen-bond donors (Lipinski definition) is 2. The lowest BCUT2D eigenvalue weighted by atomic mass is 9.83. The Morgan fingerprint density at radius 3 is 2.00 bits per heavy atom. The minimum Gasteiger partial charge on any atom is -0.352 e. The molecular formula is C13H23N3O2. The van der Waals surface area contributed by atoms with Crippen LogP contribution in [0, 0.1) is 16.7 Å². The van der Waals surface area contributed by atoms with Crippen LogP contribution in [0.3, 0.4) is 0 Å². The first-order chi connectivity index (χ1) is 8.32. The van der Waals surface area contributed by atoms with E-state index in [1.807, 2.05) is 13.8 Å². The molecule has 0 heterocycles. The van der Waals surface area contributed by atoms with Gasteiger partial charge in [-0.05, 0) is 33.6 Å². The van der Waals surface area contributed by atoms with Gasteiger partial charge in [-0.2, -0.15) is 5.26 Å². The van der Waals surface area contributed by atoms with Crippen molar-refractivity contribution in [1.82, 2.24) is 10.6 Å². The SMILES string of the molecule is CCC(C#N)(CC)C(=O)NC(C)C(=O)NC(C)C. The fourth-order valence-electron chi connectivity index (χ4n) is 1.59. The lowest BCUT2D eigenvalue weighted by Gasteiger charge is -2.24. The summed E-state index contributed by atoms with van der Waals surface area (Å²) in [4.78, 5) is 23.7. The molecule has 0 rings (SSSR count). The van der Waals surface area contributed by atoms with Crippen LogP contribution in [0.15, 0.2) is 0 Å². The minimum absolute atomic E-state index is 0.0231. The van der Waals surface area contributed by atoms with Gasteiger partial charge >= 0.3 is 0 Å². The normalized spacial score (nSPS) is 12.7. The number of nitriles is 1. The summed E-state index contributed by atoms with van der Waals surface area (Å²) < 4.78 is 0. The summed E-state index contributed by atoms with van der Waals surface area (Å²) in [5.41, 5.74) is -1.04. The highest BCUT2D eigenvalue weighted by molar-refractivity contribution is 5.91. The van der Waals surface area contributed by atoms with Crippen LogP contribution in [0.4, 0.5) is 0 Å². The Balaban J connectivity index is 4.66. The van der Waals surface area contributed by atoms with E-state index in [2.05, 4.69) is 16.7 Å². The zero-order valence-corrected chi connectivity index (χ0v) is 11.8. The van der Waals surface area contributed by atoms with E-state index in [1.165, 1.54) is 0 Å². The number of nitrogens with one attached hydrogen (secondary N) is 2. The molecule has 1 atom stereocenters. The maximum absolute atomic E-state index is 12.0. The molecule has 0 aromatic heterocycles. The molecule has 1 unspecified atom stereocenters. The molecule has 0 saturated heterocycles. The molecule has 0 aliphatic heterocycles. The van der Waals surface area contributed by atoms with E-state index in [0.29, 0.717) is 12.8 Å². The van der Waals surface area contributed by atoms with Gasteiger partial charge in [0.1, 0.15) is 11.5 Å². The van der Waals surface area contributed by atoms with E-state index in [0.717, 1.165) is 0 Å². The highest BCUT2D eigenvalue weighted by atomic mass is 16.2. The number of amides is 2. The first-order valence-electron chi connectivity index (χ1n) is 6.35. The Kier molecular flexibility index (Phi) is 6.39. The second kappa shape index (κ2) is 7.00. The van der Waals surface area contributed by atoms with Gasteiger partial charge in [-0.25, -0.2) is 0 Å². The van der Waals surface area contributed by atoms with E-state index in [1.54, 1.807) is 20.8 Å². The predicted octanol–water partition coefficient (Wildman–Crippen LogP) is 1.35. The third kappa shape index (κ3) is 4.02. The molecule has 5 nitrogen and oxygen atoms in total. The van der Waals surface area contributed by atoms with Crippen LogP contribution in [-0.4, -0.2) is 23.9 Å². The zero-order chi connectivity index (χ0) is 14.3. The summed E-state index contributed by atoms with van der Waals surface area (Å²) in [5.74, 6) is -0.612. The van der Waals surface area contributed by atoms with Crippen molar-refractivity contribution in [2.45, 2.75) is 59.5 Å². The van der Waals surface area contributed by atoms with Gasteiger partial charge in [-0.3, -0.25) is 9.59 Å². The van der Waals surface area contributed by atoms with Gasteiger partial charge in [0.15, 0.2) is 0 Å². The second-order valence-corrected chi connectivity index (χ2v) is 4.76. The summed E-state index contributed by atoms with van der Waals surface area (Å²) in [6.45, 7) is 8.91. The number of rotatable bonds is 6. The molecule has 0 radical (unpaired) electrons. The second-order valence-electron chi connectivity index (χ2n) is 4.76. The van der Waals surface area contributed by atoms with Crippen molar-refractivity contribution in [3.05, 3.63) is 0 Å². The number of nitrogens with zero attached hydrogens (tertiary/aromatic N) is 1. The van der Waals surface area contributed by atoms with E-state index in [4.69, 9.17) is 5.26 Å². The average molecular weight is 253 g/mol. The van der Waals surface area contributed by atoms with Crippen molar-refractivity contribution in [2.24, 2.45) is 5.41 Å². The highest BCUT2D eigenvalue weighted by Gasteiger charge is 2.36. The van der Waals surface area contributed by atoms with Crippen LogP contribution in [0.5, 0.6) is 0 Å². The van der Waals surface area contributed by atoms with Crippen molar-refractivity contribution in [1.29, 1.82) is 5.26 Å². The lowest BCUT2D eigenvalue weighted by molar-refractivity contribution is -0.133. The van der Waals surface area contributed by atoms with Crippen molar-refractivity contribution in [2.75, 3.05) is 0 Å².